The smallest absolute Gasteiger partial charge is 0.319 e. The van der Waals surface area contributed by atoms with E-state index in [4.69, 9.17) is 0 Å². The van der Waals surface area contributed by atoms with E-state index in [2.05, 4.69) is 9.56 Å². The summed E-state index contributed by atoms with van der Waals surface area (Å²) in [7, 11) is -3.78. The van der Waals surface area contributed by atoms with Crippen LogP contribution >= 0.6 is 7.60 Å². The third kappa shape index (κ3) is 2.94. The Hall–Kier alpha value is -0.670. The zero-order chi connectivity index (χ0) is 9.73. The van der Waals surface area contributed by atoms with Gasteiger partial charge < -0.3 is 4.89 Å². The van der Waals surface area contributed by atoms with Gasteiger partial charge in [-0.3, -0.25) is 4.57 Å². The molecule has 5 heteroatoms. The Bertz CT molecular complexity index is 298. The van der Waals surface area contributed by atoms with Crippen LogP contribution in [0.5, 0.6) is 0 Å². The molecule has 0 saturated heterocycles. The molecule has 0 radical (unpaired) electrons. The second kappa shape index (κ2) is 4.53. The molecule has 0 bridgehead atoms. The maximum atomic E-state index is 11.4. The zero-order valence-electron chi connectivity index (χ0n) is 7.21. The number of hydrogen-bond acceptors (Lipinski definition) is 3. The van der Waals surface area contributed by atoms with Gasteiger partial charge in [-0.1, -0.05) is 18.2 Å². The van der Waals surface area contributed by atoms with E-state index in [1.54, 1.807) is 25.1 Å². The van der Waals surface area contributed by atoms with Crippen LogP contribution < -0.4 is 5.30 Å². The molecule has 0 aliphatic rings. The summed E-state index contributed by atoms with van der Waals surface area (Å²) in [6, 6.07) is 8.10. The monoisotopic (exact) mass is 202 g/mol. The van der Waals surface area contributed by atoms with Gasteiger partial charge >= 0.3 is 7.60 Å². The summed E-state index contributed by atoms with van der Waals surface area (Å²) in [5, 5.41) is 0.225. The average molecular weight is 202 g/mol. The summed E-state index contributed by atoms with van der Waals surface area (Å²) < 4.78 is 15.8. The highest BCUT2D eigenvalue weighted by molar-refractivity contribution is 7.61. The molecule has 0 aliphatic carbocycles. The maximum Gasteiger partial charge on any atom is 0.385 e. The maximum absolute atomic E-state index is 11.4. The first-order chi connectivity index (χ1) is 6.17. The van der Waals surface area contributed by atoms with E-state index in [-0.39, 0.29) is 11.9 Å². The van der Waals surface area contributed by atoms with Crippen LogP contribution in [0.4, 0.5) is 0 Å². The van der Waals surface area contributed by atoms with Crippen molar-refractivity contribution in [2.45, 2.75) is 6.92 Å². The molecule has 0 fully saturated rings. The lowest BCUT2D eigenvalue weighted by atomic mass is 10.4. The third-order valence-electron chi connectivity index (χ3n) is 1.35. The van der Waals surface area contributed by atoms with E-state index in [1.807, 2.05) is 0 Å². The SMILES string of the molecule is CCOOP(=O)(O)c1ccccc1. The minimum Gasteiger partial charge on any atom is -0.319 e. The fourth-order valence-electron chi connectivity index (χ4n) is 0.784. The summed E-state index contributed by atoms with van der Waals surface area (Å²) in [5.41, 5.74) is 0. The highest BCUT2D eigenvalue weighted by Crippen LogP contribution is 2.40. The number of rotatable bonds is 4. The van der Waals surface area contributed by atoms with Crippen LogP contribution in [0.25, 0.3) is 0 Å². The fraction of sp³-hybridized carbons (Fsp3) is 0.250. The normalized spacial score (nSPS) is 15.2. The van der Waals surface area contributed by atoms with Gasteiger partial charge in [-0.25, -0.2) is 4.89 Å². The molecule has 0 amide bonds. The van der Waals surface area contributed by atoms with Gasteiger partial charge in [0.25, 0.3) is 0 Å². The molecule has 72 valence electrons. The predicted octanol–water partition coefficient (Wildman–Crippen LogP) is 1.47. The molecular weight excluding hydrogens is 191 g/mol. The summed E-state index contributed by atoms with van der Waals surface area (Å²) >= 11 is 0. The summed E-state index contributed by atoms with van der Waals surface area (Å²) in [6.45, 7) is 1.91. The molecule has 1 rings (SSSR count). The van der Waals surface area contributed by atoms with Gasteiger partial charge in [-0.15, -0.1) is 4.67 Å². The van der Waals surface area contributed by atoms with Crippen LogP contribution in [0, 0.1) is 0 Å². The molecule has 1 aromatic rings. The Morgan fingerprint density at radius 3 is 2.54 bits per heavy atom. The van der Waals surface area contributed by atoms with E-state index in [0.29, 0.717) is 0 Å². The fourth-order valence-corrected chi connectivity index (χ4v) is 1.67. The van der Waals surface area contributed by atoms with Gasteiger partial charge in [-0.05, 0) is 19.1 Å². The Morgan fingerprint density at radius 1 is 1.38 bits per heavy atom. The molecule has 0 saturated carbocycles. The van der Waals surface area contributed by atoms with Crippen molar-refractivity contribution >= 4 is 12.9 Å². The summed E-state index contributed by atoms with van der Waals surface area (Å²) in [4.78, 5) is 13.8. The predicted molar refractivity (Wildman–Crippen MR) is 48.6 cm³/mol. The molecule has 0 aromatic heterocycles. The zero-order valence-corrected chi connectivity index (χ0v) is 8.11. The second-order valence-electron chi connectivity index (χ2n) is 2.34. The molecule has 4 nitrogen and oxygen atoms in total. The summed E-state index contributed by atoms with van der Waals surface area (Å²) in [5.74, 6) is 0. The van der Waals surface area contributed by atoms with E-state index in [0.717, 1.165) is 0 Å². The van der Waals surface area contributed by atoms with Crippen molar-refractivity contribution in [1.29, 1.82) is 0 Å². The first-order valence-electron chi connectivity index (χ1n) is 3.86. The highest BCUT2D eigenvalue weighted by atomic mass is 31.2. The number of hydrogen-bond donors (Lipinski definition) is 1. The van der Waals surface area contributed by atoms with Gasteiger partial charge in [0, 0.05) is 0 Å². The topological polar surface area (TPSA) is 55.8 Å². The van der Waals surface area contributed by atoms with E-state index < -0.39 is 7.60 Å². The second-order valence-corrected chi connectivity index (χ2v) is 4.04. The molecular formula is C8H11O4P. The largest absolute Gasteiger partial charge is 0.385 e. The highest BCUT2D eigenvalue weighted by Gasteiger charge is 2.23. The van der Waals surface area contributed by atoms with E-state index in [1.165, 1.54) is 12.1 Å². The Labute approximate surface area is 76.6 Å². The van der Waals surface area contributed by atoms with Crippen LogP contribution in [0.3, 0.4) is 0 Å². The molecule has 0 spiro atoms. The van der Waals surface area contributed by atoms with Crippen LogP contribution in [0.2, 0.25) is 0 Å². The quantitative estimate of drug-likeness (QED) is 0.456. The van der Waals surface area contributed by atoms with E-state index in [9.17, 15) is 9.46 Å². The van der Waals surface area contributed by atoms with Gasteiger partial charge in [0.2, 0.25) is 0 Å². The molecule has 1 atom stereocenters. The molecule has 0 heterocycles. The molecule has 13 heavy (non-hydrogen) atoms. The lowest BCUT2D eigenvalue weighted by Crippen LogP contribution is -2.06. The Morgan fingerprint density at radius 2 is 2.00 bits per heavy atom. The van der Waals surface area contributed by atoms with Crippen molar-refractivity contribution in [1.82, 2.24) is 0 Å². The lowest BCUT2D eigenvalue weighted by Gasteiger charge is -2.09. The van der Waals surface area contributed by atoms with Gasteiger partial charge in [0.05, 0.1) is 11.9 Å². The van der Waals surface area contributed by atoms with E-state index >= 15 is 0 Å². The first-order valence-corrected chi connectivity index (χ1v) is 5.44. The Balaban J connectivity index is 2.76. The van der Waals surface area contributed by atoms with Gasteiger partial charge in [0.1, 0.15) is 0 Å². The standard InChI is InChI=1S/C8H11O4P/c1-2-11-12-13(9,10)8-6-4-3-5-7-8/h3-7H,2H2,1H3,(H,9,10). The minimum atomic E-state index is -3.78. The molecule has 1 unspecified atom stereocenters. The van der Waals surface area contributed by atoms with Crippen molar-refractivity contribution in [3.05, 3.63) is 30.3 Å². The summed E-state index contributed by atoms with van der Waals surface area (Å²) in [6.07, 6.45) is 0. The molecule has 1 N–H and O–H groups in total. The first kappa shape index (κ1) is 10.4. The molecule has 0 aliphatic heterocycles. The minimum absolute atomic E-state index is 0.225. The average Bonchev–Trinajstić information content (AvgIpc) is 2.16. The Kier molecular flexibility index (Phi) is 3.63. The van der Waals surface area contributed by atoms with Crippen LogP contribution in [-0.2, 0) is 14.1 Å². The van der Waals surface area contributed by atoms with Gasteiger partial charge in [0.15, 0.2) is 0 Å². The molecule has 1 aromatic carbocycles. The van der Waals surface area contributed by atoms with Crippen molar-refractivity contribution < 1.29 is 19.0 Å². The van der Waals surface area contributed by atoms with Crippen molar-refractivity contribution in [3.8, 4) is 0 Å². The van der Waals surface area contributed by atoms with Crippen molar-refractivity contribution in [2.24, 2.45) is 0 Å². The van der Waals surface area contributed by atoms with Crippen LogP contribution in [-0.4, -0.2) is 11.5 Å². The van der Waals surface area contributed by atoms with Crippen LogP contribution in [0.1, 0.15) is 6.92 Å². The van der Waals surface area contributed by atoms with Crippen molar-refractivity contribution in [3.63, 3.8) is 0 Å². The lowest BCUT2D eigenvalue weighted by molar-refractivity contribution is -0.206. The number of benzene rings is 1. The van der Waals surface area contributed by atoms with Gasteiger partial charge in [-0.2, -0.15) is 0 Å². The van der Waals surface area contributed by atoms with Crippen LogP contribution in [0.15, 0.2) is 30.3 Å². The third-order valence-corrected chi connectivity index (χ3v) is 2.61. The van der Waals surface area contributed by atoms with Crippen molar-refractivity contribution in [2.75, 3.05) is 6.61 Å².